The normalized spacial score (nSPS) is 13.2. The number of hydrogen-bond donors (Lipinski definition) is 1. The quantitative estimate of drug-likeness (QED) is 0.570. The Balaban J connectivity index is 1.91. The number of nitrogens with one attached hydrogen (secondary N) is 1. The minimum atomic E-state index is -3.63. The van der Waals surface area contributed by atoms with Gasteiger partial charge in [-0.25, -0.2) is 13.1 Å². The van der Waals surface area contributed by atoms with Crippen molar-refractivity contribution in [3.63, 3.8) is 0 Å². The molecule has 0 saturated heterocycles. The molecule has 0 radical (unpaired) electrons. The molecule has 0 bridgehead atoms. The molecular weight excluding hydrogens is 424 g/mol. The molecule has 1 aromatic heterocycles. The number of aromatic nitrogens is 1. The van der Waals surface area contributed by atoms with Crippen LogP contribution in [0.4, 0.5) is 0 Å². The zero-order chi connectivity index (χ0) is 19.8. The molecule has 0 amide bonds. The predicted octanol–water partition coefficient (Wildman–Crippen LogP) is 5.09. The predicted molar refractivity (Wildman–Crippen MR) is 115 cm³/mol. The summed E-state index contributed by atoms with van der Waals surface area (Å²) in [5.41, 5.74) is 4.09. The maximum Gasteiger partial charge on any atom is 0.242 e. The Morgan fingerprint density at radius 2 is 1.81 bits per heavy atom. The van der Waals surface area contributed by atoms with Crippen LogP contribution in [0.25, 0.3) is 10.9 Å². The molecular formula is C21H25BrN2O2S. The first-order valence-electron chi connectivity index (χ1n) is 9.06. The number of fused-ring (bicyclic) bond motifs is 1. The summed E-state index contributed by atoms with van der Waals surface area (Å²) >= 11 is 3.42. The van der Waals surface area contributed by atoms with Gasteiger partial charge in [0, 0.05) is 34.2 Å². The fraction of sp³-hybridized carbons (Fsp3) is 0.333. The number of benzene rings is 2. The molecule has 1 atom stereocenters. The van der Waals surface area contributed by atoms with Crippen molar-refractivity contribution in [1.29, 1.82) is 0 Å². The van der Waals surface area contributed by atoms with Gasteiger partial charge in [-0.05, 0) is 71.9 Å². The summed E-state index contributed by atoms with van der Waals surface area (Å²) in [6, 6.07) is 11.7. The summed E-state index contributed by atoms with van der Waals surface area (Å²) in [6.07, 6.45) is 2.79. The number of nitrogens with zero attached hydrogens (tertiary/aromatic N) is 1. The third kappa shape index (κ3) is 4.13. The first-order valence-corrected chi connectivity index (χ1v) is 11.3. The van der Waals surface area contributed by atoms with Crippen molar-refractivity contribution < 1.29 is 8.42 Å². The Morgan fingerprint density at radius 3 is 2.48 bits per heavy atom. The highest BCUT2D eigenvalue weighted by molar-refractivity contribution is 9.10. The molecule has 6 heteroatoms. The smallest absolute Gasteiger partial charge is 0.242 e. The molecule has 0 aliphatic carbocycles. The fourth-order valence-electron chi connectivity index (χ4n) is 3.59. The van der Waals surface area contributed by atoms with Crippen LogP contribution in [-0.2, 0) is 16.6 Å². The highest BCUT2D eigenvalue weighted by Gasteiger charge is 2.24. The van der Waals surface area contributed by atoms with Gasteiger partial charge in [-0.2, -0.15) is 0 Å². The lowest BCUT2D eigenvalue weighted by molar-refractivity contribution is 0.491. The zero-order valence-electron chi connectivity index (χ0n) is 16.1. The molecule has 1 N–H and O–H groups in total. The van der Waals surface area contributed by atoms with Gasteiger partial charge in [-0.3, -0.25) is 0 Å². The molecule has 0 spiro atoms. The highest BCUT2D eigenvalue weighted by atomic mass is 79.9. The number of halogens is 1. The van der Waals surface area contributed by atoms with E-state index in [2.05, 4.69) is 50.5 Å². The highest BCUT2D eigenvalue weighted by Crippen LogP contribution is 2.28. The Morgan fingerprint density at radius 1 is 1.11 bits per heavy atom. The lowest BCUT2D eigenvalue weighted by atomic mass is 10.2. The number of aryl methyl sites for hydroxylation is 3. The Bertz CT molecular complexity index is 1060. The topological polar surface area (TPSA) is 51.1 Å². The van der Waals surface area contributed by atoms with E-state index in [4.69, 9.17) is 0 Å². The van der Waals surface area contributed by atoms with Gasteiger partial charge in [0.25, 0.3) is 0 Å². The van der Waals surface area contributed by atoms with Crippen LogP contribution in [0.3, 0.4) is 0 Å². The standard InChI is InChI=1S/C21H25BrN2O2S/c1-5-17(13-24-12-16(4)18-8-6-7-9-20(18)24)23-27(25,26)21-15(3)10-14(2)11-19(21)22/h6-12,17,23H,5,13H2,1-4H3. The third-order valence-electron chi connectivity index (χ3n) is 4.86. The maximum absolute atomic E-state index is 13.1. The summed E-state index contributed by atoms with van der Waals surface area (Å²) in [5.74, 6) is 0. The number of para-hydroxylation sites is 1. The second-order valence-corrected chi connectivity index (χ2v) is 9.61. The van der Waals surface area contributed by atoms with E-state index in [1.54, 1.807) is 0 Å². The van der Waals surface area contributed by atoms with Crippen LogP contribution >= 0.6 is 15.9 Å². The van der Waals surface area contributed by atoms with Gasteiger partial charge in [0.2, 0.25) is 10.0 Å². The minimum absolute atomic E-state index is 0.196. The van der Waals surface area contributed by atoms with Gasteiger partial charge in [0.05, 0.1) is 4.90 Å². The Hall–Kier alpha value is -1.63. The van der Waals surface area contributed by atoms with Gasteiger partial charge in [-0.15, -0.1) is 0 Å². The van der Waals surface area contributed by atoms with E-state index in [-0.39, 0.29) is 6.04 Å². The third-order valence-corrected chi connectivity index (χ3v) is 7.47. The number of rotatable bonds is 6. The van der Waals surface area contributed by atoms with Crippen LogP contribution in [-0.4, -0.2) is 19.0 Å². The molecule has 1 heterocycles. The van der Waals surface area contributed by atoms with Gasteiger partial charge >= 0.3 is 0 Å². The molecule has 144 valence electrons. The van der Waals surface area contributed by atoms with Crippen molar-refractivity contribution in [2.45, 2.75) is 51.6 Å². The molecule has 0 aliphatic heterocycles. The molecule has 4 nitrogen and oxygen atoms in total. The summed E-state index contributed by atoms with van der Waals surface area (Å²) in [6.45, 7) is 8.46. The Kier molecular flexibility index (Phi) is 5.79. The van der Waals surface area contributed by atoms with Crippen LogP contribution in [0, 0.1) is 20.8 Å². The molecule has 0 saturated carbocycles. The van der Waals surface area contributed by atoms with E-state index < -0.39 is 10.0 Å². The zero-order valence-corrected chi connectivity index (χ0v) is 18.5. The number of hydrogen-bond acceptors (Lipinski definition) is 2. The van der Waals surface area contributed by atoms with E-state index in [0.717, 1.165) is 16.6 Å². The van der Waals surface area contributed by atoms with Crippen molar-refractivity contribution in [2.24, 2.45) is 0 Å². The summed E-state index contributed by atoms with van der Waals surface area (Å²) in [7, 11) is -3.63. The average Bonchev–Trinajstić information content (AvgIpc) is 2.89. The van der Waals surface area contributed by atoms with E-state index >= 15 is 0 Å². The second-order valence-electron chi connectivity index (χ2n) is 7.10. The van der Waals surface area contributed by atoms with E-state index in [9.17, 15) is 8.42 Å². The van der Waals surface area contributed by atoms with E-state index in [0.29, 0.717) is 22.3 Å². The fourth-order valence-corrected chi connectivity index (χ4v) is 6.50. The summed E-state index contributed by atoms with van der Waals surface area (Å²) < 4.78 is 31.8. The number of sulfonamides is 1. The molecule has 0 aliphatic rings. The summed E-state index contributed by atoms with van der Waals surface area (Å²) in [5, 5.41) is 1.20. The largest absolute Gasteiger partial charge is 0.346 e. The average molecular weight is 449 g/mol. The van der Waals surface area contributed by atoms with Gasteiger partial charge in [-0.1, -0.05) is 31.2 Å². The monoisotopic (exact) mass is 448 g/mol. The van der Waals surface area contributed by atoms with Gasteiger partial charge < -0.3 is 4.57 Å². The SMILES string of the molecule is CCC(Cn1cc(C)c2ccccc21)NS(=O)(=O)c1c(C)cc(C)cc1Br. The summed E-state index contributed by atoms with van der Waals surface area (Å²) in [4.78, 5) is 0.320. The molecule has 2 aromatic carbocycles. The Labute approximate surface area is 169 Å². The molecule has 1 unspecified atom stereocenters. The molecule has 3 aromatic rings. The van der Waals surface area contributed by atoms with Gasteiger partial charge in [0.1, 0.15) is 0 Å². The second kappa shape index (κ2) is 7.78. The lowest BCUT2D eigenvalue weighted by Crippen LogP contribution is -2.37. The molecule has 27 heavy (non-hydrogen) atoms. The van der Waals surface area contributed by atoms with Crippen LogP contribution in [0.1, 0.15) is 30.0 Å². The van der Waals surface area contributed by atoms with Crippen LogP contribution in [0.5, 0.6) is 0 Å². The first kappa shape index (κ1) is 20.1. The van der Waals surface area contributed by atoms with E-state index in [1.165, 1.54) is 10.9 Å². The minimum Gasteiger partial charge on any atom is -0.346 e. The van der Waals surface area contributed by atoms with E-state index in [1.807, 2.05) is 45.0 Å². The first-order chi connectivity index (χ1) is 12.7. The van der Waals surface area contributed by atoms with Crippen molar-refractivity contribution in [3.05, 3.63) is 63.8 Å². The molecule has 3 rings (SSSR count). The van der Waals surface area contributed by atoms with Crippen molar-refractivity contribution in [1.82, 2.24) is 9.29 Å². The van der Waals surface area contributed by atoms with Crippen molar-refractivity contribution >= 4 is 36.9 Å². The maximum atomic E-state index is 13.1. The van der Waals surface area contributed by atoms with Crippen LogP contribution in [0.15, 0.2) is 52.0 Å². The van der Waals surface area contributed by atoms with Crippen molar-refractivity contribution in [2.75, 3.05) is 0 Å². The van der Waals surface area contributed by atoms with Crippen molar-refractivity contribution in [3.8, 4) is 0 Å². The van der Waals surface area contributed by atoms with Gasteiger partial charge in [0.15, 0.2) is 0 Å². The lowest BCUT2D eigenvalue weighted by Gasteiger charge is -2.20. The molecule has 0 fully saturated rings. The van der Waals surface area contributed by atoms with Crippen LogP contribution < -0.4 is 4.72 Å². The van der Waals surface area contributed by atoms with Crippen LogP contribution in [0.2, 0.25) is 0 Å².